The Kier molecular flexibility index (Phi) is 9.93. The molecule has 1 aromatic carbocycles. The van der Waals surface area contributed by atoms with Gasteiger partial charge in [0, 0.05) is 49.7 Å². The molecule has 3 aromatic rings. The summed E-state index contributed by atoms with van der Waals surface area (Å²) in [6, 6.07) is 17.2. The number of piperazine rings is 1. The molecule has 9 nitrogen and oxygen atoms in total. The quantitative estimate of drug-likeness (QED) is 0.406. The van der Waals surface area contributed by atoms with E-state index in [1.54, 1.807) is 17.0 Å². The van der Waals surface area contributed by atoms with Crippen molar-refractivity contribution in [2.24, 2.45) is 0 Å². The molecule has 2 aliphatic rings. The highest BCUT2D eigenvalue weighted by Crippen LogP contribution is 2.17. The van der Waals surface area contributed by atoms with Gasteiger partial charge in [-0.1, -0.05) is 24.6 Å². The monoisotopic (exact) mass is 556 g/mol. The van der Waals surface area contributed by atoms with Crippen LogP contribution in [0.5, 0.6) is 5.75 Å². The van der Waals surface area contributed by atoms with Crippen LogP contribution in [0.15, 0.2) is 60.8 Å². The van der Waals surface area contributed by atoms with E-state index in [4.69, 9.17) is 4.74 Å². The molecule has 2 amide bonds. The van der Waals surface area contributed by atoms with Crippen LogP contribution in [0.4, 0.5) is 10.6 Å². The van der Waals surface area contributed by atoms with Crippen molar-refractivity contribution in [3.8, 4) is 5.75 Å². The molecule has 0 unspecified atom stereocenters. The molecule has 0 saturated carbocycles. The third-order valence-corrected chi connectivity index (χ3v) is 7.74. The van der Waals surface area contributed by atoms with Gasteiger partial charge in [-0.05, 0) is 94.2 Å². The summed E-state index contributed by atoms with van der Waals surface area (Å²) >= 11 is 0. The van der Waals surface area contributed by atoms with Gasteiger partial charge in [0.15, 0.2) is 5.75 Å². The number of carbonyl (C=O) groups excluding carboxylic acids is 2. The molecule has 216 valence electrons. The number of ether oxygens (including phenoxy) is 1. The fraction of sp³-hybridized carbons (Fsp3) is 0.438. The third-order valence-electron chi connectivity index (χ3n) is 7.74. The maximum Gasteiger partial charge on any atom is 0.415 e. The molecular weight excluding hydrogens is 516 g/mol. The van der Waals surface area contributed by atoms with E-state index in [9.17, 15) is 9.59 Å². The summed E-state index contributed by atoms with van der Waals surface area (Å²) in [6.45, 7) is 9.09. The van der Waals surface area contributed by atoms with Crippen molar-refractivity contribution in [2.45, 2.75) is 45.6 Å². The first kappa shape index (κ1) is 28.7. The van der Waals surface area contributed by atoms with Crippen LogP contribution in [0.3, 0.4) is 0 Å². The first-order chi connectivity index (χ1) is 20.0. The molecule has 2 aromatic heterocycles. The molecule has 9 heteroatoms. The molecule has 1 N–H and O–H groups in total. The summed E-state index contributed by atoms with van der Waals surface area (Å²) in [7, 11) is 0. The number of hydrogen-bond acceptors (Lipinski definition) is 7. The Morgan fingerprint density at radius 2 is 1.66 bits per heavy atom. The summed E-state index contributed by atoms with van der Waals surface area (Å²) in [5.74, 6) is 0.532. The molecule has 0 radical (unpaired) electrons. The standard InChI is InChI=1S/C32H40N6O3/c1-25-7-5-8-28(34-25)9-6-18-36-19-21-38(22-20-36)32(40)41-29-14-15-30(33-23-29)35-31(39)27-12-10-26(11-13-27)24-37-16-3-2-4-17-37/h5,7-8,10-15,23H,2-4,6,9,16-22,24H2,1H3,(H,33,35,39). The smallest absolute Gasteiger partial charge is 0.409 e. The van der Waals surface area contributed by atoms with Crippen LogP contribution < -0.4 is 10.1 Å². The molecule has 5 rings (SSSR count). The molecule has 2 fully saturated rings. The second kappa shape index (κ2) is 14.2. The van der Waals surface area contributed by atoms with E-state index >= 15 is 0 Å². The zero-order valence-electron chi connectivity index (χ0n) is 23.9. The number of nitrogens with zero attached hydrogens (tertiary/aromatic N) is 5. The summed E-state index contributed by atoms with van der Waals surface area (Å²) in [5, 5.41) is 2.82. The molecule has 2 aliphatic heterocycles. The lowest BCUT2D eigenvalue weighted by Crippen LogP contribution is -2.49. The molecule has 4 heterocycles. The zero-order chi connectivity index (χ0) is 28.4. The van der Waals surface area contributed by atoms with Crippen molar-refractivity contribution in [3.63, 3.8) is 0 Å². The number of piperidine rings is 1. The zero-order valence-corrected chi connectivity index (χ0v) is 23.9. The van der Waals surface area contributed by atoms with Gasteiger partial charge in [-0.2, -0.15) is 0 Å². The van der Waals surface area contributed by atoms with Gasteiger partial charge in [0.2, 0.25) is 0 Å². The van der Waals surface area contributed by atoms with Crippen LogP contribution in [-0.2, 0) is 13.0 Å². The third kappa shape index (κ3) is 8.58. The Balaban J connectivity index is 1.02. The van der Waals surface area contributed by atoms with Gasteiger partial charge < -0.3 is 15.0 Å². The number of likely N-dealkylation sites (tertiary alicyclic amines) is 1. The number of anilines is 1. The number of pyridine rings is 2. The lowest BCUT2D eigenvalue weighted by atomic mass is 10.1. The van der Waals surface area contributed by atoms with Crippen molar-refractivity contribution < 1.29 is 14.3 Å². The SMILES string of the molecule is Cc1cccc(CCCN2CCN(C(=O)Oc3ccc(NC(=O)c4ccc(CN5CCCCC5)cc4)nc3)CC2)n1. The maximum atomic E-state index is 12.7. The van der Waals surface area contributed by atoms with Crippen LogP contribution in [0.2, 0.25) is 0 Å². The van der Waals surface area contributed by atoms with Crippen LogP contribution in [0.25, 0.3) is 0 Å². The molecule has 0 spiro atoms. The highest BCUT2D eigenvalue weighted by atomic mass is 16.6. The minimum Gasteiger partial charge on any atom is -0.409 e. The number of nitrogens with one attached hydrogen (secondary N) is 1. The number of amides is 2. The van der Waals surface area contributed by atoms with E-state index < -0.39 is 0 Å². The van der Waals surface area contributed by atoms with E-state index in [0.717, 1.165) is 63.5 Å². The number of aromatic nitrogens is 2. The average Bonchev–Trinajstić information content (AvgIpc) is 2.99. The number of rotatable bonds is 9. The Labute approximate surface area is 242 Å². The van der Waals surface area contributed by atoms with E-state index in [0.29, 0.717) is 30.2 Å². The average molecular weight is 557 g/mol. The summed E-state index contributed by atoms with van der Waals surface area (Å²) in [6.07, 6.45) is 6.92. The molecule has 41 heavy (non-hydrogen) atoms. The minimum atomic E-state index is -0.378. The minimum absolute atomic E-state index is 0.222. The molecule has 0 bridgehead atoms. The van der Waals surface area contributed by atoms with Gasteiger partial charge in [-0.15, -0.1) is 0 Å². The van der Waals surface area contributed by atoms with Gasteiger partial charge in [0.05, 0.1) is 6.20 Å². The lowest BCUT2D eigenvalue weighted by Gasteiger charge is -2.33. The number of hydrogen-bond donors (Lipinski definition) is 1. The van der Waals surface area contributed by atoms with E-state index in [1.165, 1.54) is 31.0 Å². The largest absolute Gasteiger partial charge is 0.415 e. The predicted octanol–water partition coefficient (Wildman–Crippen LogP) is 4.77. The highest BCUT2D eigenvalue weighted by Gasteiger charge is 2.22. The number of benzene rings is 1. The van der Waals surface area contributed by atoms with Crippen LogP contribution >= 0.6 is 0 Å². The van der Waals surface area contributed by atoms with Crippen molar-refractivity contribution in [2.75, 3.05) is 51.1 Å². The highest BCUT2D eigenvalue weighted by molar-refractivity contribution is 6.03. The van der Waals surface area contributed by atoms with Gasteiger partial charge in [-0.3, -0.25) is 19.6 Å². The fourth-order valence-electron chi connectivity index (χ4n) is 5.38. The van der Waals surface area contributed by atoms with Crippen LogP contribution in [-0.4, -0.2) is 82.5 Å². The Bertz CT molecular complexity index is 1280. The van der Waals surface area contributed by atoms with Crippen molar-refractivity contribution in [1.82, 2.24) is 24.7 Å². The second-order valence-corrected chi connectivity index (χ2v) is 10.9. The number of carbonyl (C=O) groups is 2. The van der Waals surface area contributed by atoms with Gasteiger partial charge >= 0.3 is 6.09 Å². The summed E-state index contributed by atoms with van der Waals surface area (Å²) < 4.78 is 5.54. The van der Waals surface area contributed by atoms with Crippen LogP contribution in [0.1, 0.15) is 53.0 Å². The lowest BCUT2D eigenvalue weighted by molar-refractivity contribution is 0.102. The van der Waals surface area contributed by atoms with Crippen molar-refractivity contribution >= 4 is 17.8 Å². The Morgan fingerprint density at radius 1 is 0.878 bits per heavy atom. The maximum absolute atomic E-state index is 12.7. The van der Waals surface area contributed by atoms with Crippen molar-refractivity contribution in [3.05, 3.63) is 83.3 Å². The predicted molar refractivity (Wildman–Crippen MR) is 159 cm³/mol. The number of aryl methyl sites for hydroxylation is 2. The normalized spacial score (nSPS) is 16.4. The first-order valence-corrected chi connectivity index (χ1v) is 14.7. The topological polar surface area (TPSA) is 90.9 Å². The molecule has 0 aliphatic carbocycles. The second-order valence-electron chi connectivity index (χ2n) is 10.9. The summed E-state index contributed by atoms with van der Waals surface area (Å²) in [4.78, 5) is 40.8. The van der Waals surface area contributed by atoms with E-state index in [2.05, 4.69) is 37.2 Å². The first-order valence-electron chi connectivity index (χ1n) is 14.7. The molecule has 2 saturated heterocycles. The Morgan fingerprint density at radius 3 is 2.37 bits per heavy atom. The molecule has 0 atom stereocenters. The van der Waals surface area contributed by atoms with Crippen LogP contribution in [0, 0.1) is 6.92 Å². The van der Waals surface area contributed by atoms with Gasteiger partial charge in [0.1, 0.15) is 5.82 Å². The van der Waals surface area contributed by atoms with Crippen molar-refractivity contribution in [1.29, 1.82) is 0 Å². The fourth-order valence-corrected chi connectivity index (χ4v) is 5.38. The summed E-state index contributed by atoms with van der Waals surface area (Å²) in [5.41, 5.74) is 3.97. The Hall–Kier alpha value is -3.82. The van der Waals surface area contributed by atoms with Gasteiger partial charge in [0.25, 0.3) is 5.91 Å². The molecular formula is C32H40N6O3. The van der Waals surface area contributed by atoms with E-state index in [-0.39, 0.29) is 12.0 Å². The van der Waals surface area contributed by atoms with E-state index in [1.807, 2.05) is 37.3 Å². The van der Waals surface area contributed by atoms with Gasteiger partial charge in [-0.25, -0.2) is 9.78 Å².